The number of hydrogen-bond donors (Lipinski definition) is 0. The fourth-order valence-electron chi connectivity index (χ4n) is 2.94. The summed E-state index contributed by atoms with van der Waals surface area (Å²) in [6.45, 7) is 14.0. The van der Waals surface area contributed by atoms with Crippen LogP contribution in [0.25, 0.3) is 11.2 Å². The Bertz CT molecular complexity index is 1180. The Morgan fingerprint density at radius 1 is 1.00 bits per heavy atom. The van der Waals surface area contributed by atoms with Crippen LogP contribution in [0, 0.1) is 0 Å². The van der Waals surface area contributed by atoms with E-state index in [1.807, 2.05) is 0 Å². The minimum Gasteiger partial charge on any atom is -0.479 e. The van der Waals surface area contributed by atoms with Gasteiger partial charge in [0.25, 0.3) is 0 Å². The van der Waals surface area contributed by atoms with Gasteiger partial charge in [0.05, 0.1) is 20.3 Å². The predicted octanol–water partition coefficient (Wildman–Crippen LogP) is 5.11. The molecular formula is C24H38N5O9P. The number of aromatic nitrogens is 4. The molecule has 0 atom stereocenters. The zero-order chi connectivity index (χ0) is 29.4. The first kappa shape index (κ1) is 32.0. The first-order valence-corrected chi connectivity index (χ1v) is 14.0. The van der Waals surface area contributed by atoms with Crippen LogP contribution in [0.3, 0.4) is 0 Å². The number of carbonyl (C=O) groups is 2. The second kappa shape index (κ2) is 13.2. The molecule has 2 aromatic rings. The molecule has 0 spiro atoms. The van der Waals surface area contributed by atoms with Crippen molar-refractivity contribution in [2.45, 2.75) is 73.0 Å². The van der Waals surface area contributed by atoms with Crippen LogP contribution in [-0.4, -0.2) is 70.0 Å². The summed E-state index contributed by atoms with van der Waals surface area (Å²) >= 11 is 0. The van der Waals surface area contributed by atoms with Crippen LogP contribution >= 0.6 is 7.60 Å². The molecule has 0 aliphatic heterocycles. The Hall–Kier alpha value is -3.22. The van der Waals surface area contributed by atoms with Crippen molar-refractivity contribution in [3.63, 3.8) is 0 Å². The number of ether oxygens (including phenoxy) is 3. The highest BCUT2D eigenvalue weighted by Crippen LogP contribution is 2.49. The molecule has 15 heteroatoms. The lowest BCUT2D eigenvalue weighted by Gasteiger charge is -2.27. The van der Waals surface area contributed by atoms with Gasteiger partial charge in [0.1, 0.15) is 24.1 Å². The second-order valence-electron chi connectivity index (χ2n) is 9.95. The summed E-state index contributed by atoms with van der Waals surface area (Å²) in [5, 5.41) is 0. The first-order chi connectivity index (χ1) is 18.1. The number of hydrogen-bond acceptors (Lipinski definition) is 12. The quantitative estimate of drug-likeness (QED) is 0.260. The molecule has 0 fully saturated rings. The summed E-state index contributed by atoms with van der Waals surface area (Å²) in [4.78, 5) is 45.2. The summed E-state index contributed by atoms with van der Waals surface area (Å²) < 4.78 is 40.4. The van der Waals surface area contributed by atoms with Crippen LogP contribution in [0.1, 0.15) is 61.8 Å². The number of amides is 2. The maximum Gasteiger partial charge on any atom is 0.427 e. The summed E-state index contributed by atoms with van der Waals surface area (Å²) in [5.41, 5.74) is -1.49. The molecule has 218 valence electrons. The minimum atomic E-state index is -3.32. The van der Waals surface area contributed by atoms with Gasteiger partial charge in [0.15, 0.2) is 5.52 Å². The molecule has 14 nitrogen and oxygen atoms in total. The van der Waals surface area contributed by atoms with E-state index in [9.17, 15) is 14.2 Å². The molecule has 2 aromatic heterocycles. The molecule has 2 rings (SSSR count). The smallest absolute Gasteiger partial charge is 0.427 e. The molecular weight excluding hydrogens is 533 g/mol. The summed E-state index contributed by atoms with van der Waals surface area (Å²) in [5.74, 6) is 1.02. The third-order valence-electron chi connectivity index (χ3n) is 4.29. The summed E-state index contributed by atoms with van der Waals surface area (Å²) in [6.07, 6.45) is 1.23. The van der Waals surface area contributed by atoms with Gasteiger partial charge in [-0.15, -0.1) is 4.90 Å². The van der Waals surface area contributed by atoms with Gasteiger partial charge in [-0.05, 0) is 55.4 Å². The zero-order valence-electron chi connectivity index (χ0n) is 23.9. The Morgan fingerprint density at radius 3 is 2.05 bits per heavy atom. The van der Waals surface area contributed by atoms with Gasteiger partial charge in [0.2, 0.25) is 17.5 Å². The minimum absolute atomic E-state index is 0.0104. The van der Waals surface area contributed by atoms with Crippen LogP contribution in [0.4, 0.5) is 15.5 Å². The Balaban J connectivity index is 2.38. The van der Waals surface area contributed by atoms with E-state index in [4.69, 9.17) is 28.1 Å². The lowest BCUT2D eigenvalue weighted by Crippen LogP contribution is -2.44. The van der Waals surface area contributed by atoms with Gasteiger partial charge in [-0.1, -0.05) is 6.08 Å². The topological polar surface area (TPSA) is 153 Å². The SMILES string of the molecule is CCOP(=O)(C=CCCOn1cnc2c(OC)nc(N(C(=O)OC(C)(C)C)C(=O)OC(C)(C)C)nc21)OCC. The van der Waals surface area contributed by atoms with Crippen molar-refractivity contribution in [3.05, 3.63) is 18.2 Å². The molecule has 0 aliphatic rings. The third kappa shape index (κ3) is 9.48. The van der Waals surface area contributed by atoms with Crippen molar-refractivity contribution in [2.24, 2.45) is 0 Å². The van der Waals surface area contributed by atoms with Crippen LogP contribution in [0.2, 0.25) is 0 Å². The van der Waals surface area contributed by atoms with Crippen molar-refractivity contribution >= 4 is 36.9 Å². The van der Waals surface area contributed by atoms with Crippen molar-refractivity contribution in [3.8, 4) is 5.88 Å². The Morgan fingerprint density at radius 2 is 1.56 bits per heavy atom. The van der Waals surface area contributed by atoms with E-state index < -0.39 is 31.0 Å². The average molecular weight is 572 g/mol. The first-order valence-electron chi connectivity index (χ1n) is 12.4. The van der Waals surface area contributed by atoms with Gasteiger partial charge in [-0.3, -0.25) is 4.57 Å². The standard InChI is InChI=1S/C24H38N5O9P/c1-10-35-39(32,36-11-2)15-13-12-14-34-28-16-25-17-18(28)26-20(27-19(17)33-9)29(21(30)37-23(3,4)5)22(31)38-24(6,7)8/h13,15-16H,10-12,14H2,1-9H3. The number of imide groups is 1. The van der Waals surface area contributed by atoms with Crippen LogP contribution in [-0.2, 0) is 23.1 Å². The van der Waals surface area contributed by atoms with E-state index in [-0.39, 0.29) is 42.8 Å². The number of fused-ring (bicyclic) bond motifs is 1. The third-order valence-corrected chi connectivity index (χ3v) is 6.10. The second-order valence-corrected chi connectivity index (χ2v) is 11.8. The van der Waals surface area contributed by atoms with E-state index in [0.717, 1.165) is 0 Å². The average Bonchev–Trinajstić information content (AvgIpc) is 3.19. The van der Waals surface area contributed by atoms with E-state index >= 15 is 0 Å². The normalized spacial score (nSPS) is 12.5. The van der Waals surface area contributed by atoms with Gasteiger partial charge >= 0.3 is 19.8 Å². The molecule has 0 unspecified atom stereocenters. The van der Waals surface area contributed by atoms with E-state index in [0.29, 0.717) is 11.3 Å². The number of nitrogens with zero attached hydrogens (tertiary/aromatic N) is 5. The number of imidazole rings is 1. The van der Waals surface area contributed by atoms with Crippen LogP contribution in [0.5, 0.6) is 5.88 Å². The summed E-state index contributed by atoms with van der Waals surface area (Å²) in [7, 11) is -1.96. The Kier molecular flexibility index (Phi) is 10.8. The molecule has 0 saturated carbocycles. The predicted molar refractivity (Wildman–Crippen MR) is 143 cm³/mol. The fraction of sp³-hybridized carbons (Fsp3) is 0.625. The number of anilines is 1. The van der Waals surface area contributed by atoms with Gasteiger partial charge in [0, 0.05) is 12.2 Å². The highest BCUT2D eigenvalue weighted by molar-refractivity contribution is 7.57. The number of methoxy groups -OCH3 is 1. The molecule has 2 heterocycles. The molecule has 0 aliphatic carbocycles. The van der Waals surface area contributed by atoms with E-state index in [2.05, 4.69) is 15.0 Å². The zero-order valence-corrected chi connectivity index (χ0v) is 24.8. The van der Waals surface area contributed by atoms with E-state index in [1.54, 1.807) is 61.5 Å². The molecule has 0 aromatic carbocycles. The number of carbonyl (C=O) groups excluding carboxylic acids is 2. The molecule has 0 saturated heterocycles. The molecule has 2 amide bonds. The van der Waals surface area contributed by atoms with Crippen LogP contribution < -0.4 is 14.5 Å². The highest BCUT2D eigenvalue weighted by Gasteiger charge is 2.36. The molecule has 0 radical (unpaired) electrons. The molecule has 0 N–H and O–H groups in total. The van der Waals surface area contributed by atoms with Crippen molar-refractivity contribution in [1.29, 1.82) is 0 Å². The van der Waals surface area contributed by atoms with E-state index in [1.165, 1.54) is 24.0 Å². The lowest BCUT2D eigenvalue weighted by molar-refractivity contribution is 0.0427. The van der Waals surface area contributed by atoms with Crippen LogP contribution in [0.15, 0.2) is 18.2 Å². The maximum atomic E-state index is 13.0. The maximum absolute atomic E-state index is 13.0. The number of rotatable bonds is 11. The molecule has 39 heavy (non-hydrogen) atoms. The Labute approximate surface area is 228 Å². The van der Waals surface area contributed by atoms with Gasteiger partial charge < -0.3 is 28.1 Å². The van der Waals surface area contributed by atoms with Gasteiger partial charge in [-0.25, -0.2) is 14.6 Å². The summed E-state index contributed by atoms with van der Waals surface area (Å²) in [6, 6.07) is 0. The monoisotopic (exact) mass is 571 g/mol. The van der Waals surface area contributed by atoms with Crippen molar-refractivity contribution in [2.75, 3.05) is 31.8 Å². The highest BCUT2D eigenvalue weighted by atomic mass is 31.2. The van der Waals surface area contributed by atoms with Crippen molar-refractivity contribution < 1.29 is 42.2 Å². The fourth-order valence-corrected chi connectivity index (χ4v) is 4.31. The van der Waals surface area contributed by atoms with Crippen molar-refractivity contribution in [1.82, 2.24) is 19.7 Å². The lowest BCUT2D eigenvalue weighted by atomic mass is 10.2. The largest absolute Gasteiger partial charge is 0.479 e. The van der Waals surface area contributed by atoms with Gasteiger partial charge in [-0.2, -0.15) is 14.7 Å². The molecule has 0 bridgehead atoms.